The summed E-state index contributed by atoms with van der Waals surface area (Å²) in [6.07, 6.45) is 3.31. The summed E-state index contributed by atoms with van der Waals surface area (Å²) in [5, 5.41) is 0.567. The van der Waals surface area contributed by atoms with E-state index in [0.717, 1.165) is 11.1 Å². The van der Waals surface area contributed by atoms with Crippen LogP contribution in [0.25, 0.3) is 6.08 Å². The quantitative estimate of drug-likeness (QED) is 0.342. The van der Waals surface area contributed by atoms with E-state index >= 15 is 0 Å². The van der Waals surface area contributed by atoms with Crippen molar-refractivity contribution in [2.75, 3.05) is 0 Å². The van der Waals surface area contributed by atoms with E-state index in [2.05, 4.69) is 11.8 Å². The van der Waals surface area contributed by atoms with Crippen LogP contribution in [-0.2, 0) is 0 Å². The Hall–Kier alpha value is -3.08. The molecule has 25 heavy (non-hydrogen) atoms. The third kappa shape index (κ3) is 4.47. The highest BCUT2D eigenvalue weighted by molar-refractivity contribution is 6.32. The van der Waals surface area contributed by atoms with Crippen LogP contribution in [0.4, 0.5) is 0 Å². The SMILES string of the molecule is O=C(/C=C/c1cccc(Cl)c1C#Cc1ccccc1)c1ccccc1. The number of carbonyl (C=O) groups is 1. The molecule has 3 rings (SSSR count). The molecule has 1 nitrogen and oxygen atoms in total. The summed E-state index contributed by atoms with van der Waals surface area (Å²) in [6, 6.07) is 24.4. The summed E-state index contributed by atoms with van der Waals surface area (Å²) in [4.78, 5) is 12.2. The van der Waals surface area contributed by atoms with Crippen molar-refractivity contribution in [2.24, 2.45) is 0 Å². The van der Waals surface area contributed by atoms with E-state index in [1.165, 1.54) is 0 Å². The second-order valence-electron chi connectivity index (χ2n) is 5.38. The van der Waals surface area contributed by atoms with Gasteiger partial charge in [-0.2, -0.15) is 0 Å². The standard InChI is InChI=1S/C23H15ClO/c24-22-13-7-12-19(15-17-23(25)20-10-5-2-6-11-20)21(22)16-14-18-8-3-1-4-9-18/h1-13,15,17H/b17-15+. The van der Waals surface area contributed by atoms with Crippen LogP contribution in [0.15, 0.2) is 84.9 Å². The average Bonchev–Trinajstić information content (AvgIpc) is 2.67. The largest absolute Gasteiger partial charge is 0.289 e. The van der Waals surface area contributed by atoms with Crippen molar-refractivity contribution in [3.63, 3.8) is 0 Å². The Balaban J connectivity index is 1.90. The molecule has 0 radical (unpaired) electrons. The van der Waals surface area contributed by atoms with Crippen molar-refractivity contribution in [1.29, 1.82) is 0 Å². The van der Waals surface area contributed by atoms with Crippen LogP contribution in [0.1, 0.15) is 27.0 Å². The molecule has 120 valence electrons. The van der Waals surface area contributed by atoms with Crippen LogP contribution in [0.5, 0.6) is 0 Å². The van der Waals surface area contributed by atoms with Crippen molar-refractivity contribution < 1.29 is 4.79 Å². The van der Waals surface area contributed by atoms with Gasteiger partial charge in [0.2, 0.25) is 0 Å². The molecule has 3 aromatic carbocycles. The highest BCUT2D eigenvalue weighted by Crippen LogP contribution is 2.20. The van der Waals surface area contributed by atoms with Gasteiger partial charge in [0, 0.05) is 11.1 Å². The molecular weight excluding hydrogens is 328 g/mol. The van der Waals surface area contributed by atoms with Crippen molar-refractivity contribution in [3.8, 4) is 11.8 Å². The predicted octanol–water partition coefficient (Wildman–Crippen LogP) is 5.64. The van der Waals surface area contributed by atoms with Crippen LogP contribution in [-0.4, -0.2) is 5.78 Å². The van der Waals surface area contributed by atoms with Gasteiger partial charge >= 0.3 is 0 Å². The van der Waals surface area contributed by atoms with Gasteiger partial charge in [-0.05, 0) is 35.9 Å². The van der Waals surface area contributed by atoms with Gasteiger partial charge in [-0.25, -0.2) is 0 Å². The van der Waals surface area contributed by atoms with E-state index in [-0.39, 0.29) is 5.78 Å². The Morgan fingerprint density at radius 1 is 0.800 bits per heavy atom. The van der Waals surface area contributed by atoms with Crippen LogP contribution < -0.4 is 0 Å². The number of rotatable bonds is 3. The Labute approximate surface area is 152 Å². The fraction of sp³-hybridized carbons (Fsp3) is 0. The van der Waals surface area contributed by atoms with Gasteiger partial charge in [0.05, 0.1) is 10.6 Å². The van der Waals surface area contributed by atoms with Crippen LogP contribution in [0.2, 0.25) is 5.02 Å². The maximum atomic E-state index is 12.2. The van der Waals surface area contributed by atoms with Gasteiger partial charge in [-0.3, -0.25) is 4.79 Å². The van der Waals surface area contributed by atoms with E-state index < -0.39 is 0 Å². The molecule has 0 atom stereocenters. The fourth-order valence-corrected chi connectivity index (χ4v) is 2.56. The first kappa shape index (κ1) is 16.8. The monoisotopic (exact) mass is 342 g/mol. The third-order valence-electron chi connectivity index (χ3n) is 3.62. The maximum Gasteiger partial charge on any atom is 0.185 e. The summed E-state index contributed by atoms with van der Waals surface area (Å²) >= 11 is 6.31. The smallest absolute Gasteiger partial charge is 0.185 e. The average molecular weight is 343 g/mol. The first-order chi connectivity index (χ1) is 12.2. The zero-order valence-electron chi connectivity index (χ0n) is 13.4. The lowest BCUT2D eigenvalue weighted by Crippen LogP contribution is -1.93. The van der Waals surface area contributed by atoms with E-state index in [9.17, 15) is 4.79 Å². The number of hydrogen-bond acceptors (Lipinski definition) is 1. The normalized spacial score (nSPS) is 10.3. The number of benzene rings is 3. The zero-order chi connectivity index (χ0) is 17.5. The third-order valence-corrected chi connectivity index (χ3v) is 3.94. The number of halogens is 1. The highest BCUT2D eigenvalue weighted by atomic mass is 35.5. The van der Waals surface area contributed by atoms with Crippen LogP contribution in [0, 0.1) is 11.8 Å². The van der Waals surface area contributed by atoms with Gasteiger partial charge in [-0.15, -0.1) is 0 Å². The fourth-order valence-electron chi connectivity index (χ4n) is 2.33. The lowest BCUT2D eigenvalue weighted by atomic mass is 10.0. The minimum Gasteiger partial charge on any atom is -0.289 e. The van der Waals surface area contributed by atoms with Crippen LogP contribution >= 0.6 is 11.6 Å². The number of ketones is 1. The van der Waals surface area contributed by atoms with Crippen molar-refractivity contribution in [2.45, 2.75) is 0 Å². The van der Waals surface area contributed by atoms with E-state index in [4.69, 9.17) is 11.6 Å². The lowest BCUT2D eigenvalue weighted by Gasteiger charge is -2.02. The lowest BCUT2D eigenvalue weighted by molar-refractivity contribution is 0.104. The second kappa shape index (κ2) is 8.15. The molecule has 0 bridgehead atoms. The van der Waals surface area contributed by atoms with Gasteiger partial charge in [0.25, 0.3) is 0 Å². The number of allylic oxidation sites excluding steroid dienone is 1. The summed E-state index contributed by atoms with van der Waals surface area (Å²) < 4.78 is 0. The topological polar surface area (TPSA) is 17.1 Å². The molecule has 0 saturated heterocycles. The number of carbonyl (C=O) groups excluding carboxylic acids is 1. The van der Waals surface area contributed by atoms with Crippen molar-refractivity contribution >= 4 is 23.5 Å². The number of hydrogen-bond donors (Lipinski definition) is 0. The first-order valence-corrected chi connectivity index (χ1v) is 8.25. The van der Waals surface area contributed by atoms with Crippen LogP contribution in [0.3, 0.4) is 0 Å². The zero-order valence-corrected chi connectivity index (χ0v) is 14.2. The van der Waals surface area contributed by atoms with Gasteiger partial charge in [0.15, 0.2) is 5.78 Å². The molecule has 2 heteroatoms. The molecule has 0 aromatic heterocycles. The van der Waals surface area contributed by atoms with Gasteiger partial charge < -0.3 is 0 Å². The molecule has 0 aliphatic rings. The Bertz CT molecular complexity index is 961. The highest BCUT2D eigenvalue weighted by Gasteiger charge is 2.04. The summed E-state index contributed by atoms with van der Waals surface area (Å²) in [7, 11) is 0. The second-order valence-corrected chi connectivity index (χ2v) is 5.79. The minimum atomic E-state index is -0.0532. The Kier molecular flexibility index (Phi) is 5.46. The predicted molar refractivity (Wildman–Crippen MR) is 104 cm³/mol. The molecule has 0 unspecified atom stereocenters. The molecule has 0 N–H and O–H groups in total. The van der Waals surface area contributed by atoms with E-state index in [1.54, 1.807) is 30.4 Å². The van der Waals surface area contributed by atoms with Gasteiger partial charge in [-0.1, -0.05) is 84.1 Å². The molecule has 0 fully saturated rings. The van der Waals surface area contributed by atoms with E-state index in [1.807, 2.05) is 60.7 Å². The maximum absolute atomic E-state index is 12.2. The van der Waals surface area contributed by atoms with Crippen molar-refractivity contribution in [1.82, 2.24) is 0 Å². The molecule has 0 amide bonds. The summed E-state index contributed by atoms with van der Waals surface area (Å²) in [6.45, 7) is 0. The Morgan fingerprint density at radius 2 is 1.48 bits per heavy atom. The summed E-state index contributed by atoms with van der Waals surface area (Å²) in [5.74, 6) is 6.17. The molecule has 0 aliphatic carbocycles. The first-order valence-electron chi connectivity index (χ1n) is 7.87. The molecule has 3 aromatic rings. The Morgan fingerprint density at radius 3 is 2.20 bits per heavy atom. The summed E-state index contributed by atoms with van der Waals surface area (Å²) in [5.41, 5.74) is 3.10. The minimum absolute atomic E-state index is 0.0532. The molecular formula is C23H15ClO. The molecule has 0 aliphatic heterocycles. The van der Waals surface area contributed by atoms with E-state index in [0.29, 0.717) is 16.1 Å². The molecule has 0 saturated carbocycles. The van der Waals surface area contributed by atoms with Crippen molar-refractivity contribution in [3.05, 3.63) is 112 Å². The molecule has 0 spiro atoms. The molecule has 0 heterocycles. The van der Waals surface area contributed by atoms with Gasteiger partial charge in [0.1, 0.15) is 0 Å².